The maximum atomic E-state index is 10.5. The number of aromatic nitrogens is 3. The van der Waals surface area contributed by atoms with Gasteiger partial charge in [-0.25, -0.2) is 4.98 Å². The normalized spacial score (nSPS) is 25.4. The lowest BCUT2D eigenvalue weighted by molar-refractivity contribution is 0.0661. The van der Waals surface area contributed by atoms with Gasteiger partial charge in [-0.3, -0.25) is 4.68 Å². The minimum Gasteiger partial charge on any atom is -0.392 e. The number of aliphatic hydroxyl groups excluding tert-OH is 1. The van der Waals surface area contributed by atoms with E-state index >= 15 is 0 Å². The lowest BCUT2D eigenvalue weighted by Crippen LogP contribution is -2.29. The molecule has 1 aromatic heterocycles. The standard InChI is InChI=1S/C15H27N3O/c1-3-8-18-15(16-11-17-18)10-14(19)13-7-5-6-12(4-2)9-13/h11-14,19H,3-10H2,1-2H3. The SMILES string of the molecule is CCCn1ncnc1CC(O)C1CCCC(CC)C1. The summed E-state index contributed by atoms with van der Waals surface area (Å²) in [6.45, 7) is 5.29. The summed E-state index contributed by atoms with van der Waals surface area (Å²) in [4.78, 5) is 4.30. The maximum Gasteiger partial charge on any atom is 0.138 e. The average molecular weight is 265 g/mol. The number of hydrogen-bond donors (Lipinski definition) is 1. The van der Waals surface area contributed by atoms with Crippen molar-refractivity contribution in [1.29, 1.82) is 0 Å². The maximum absolute atomic E-state index is 10.5. The molecule has 0 amide bonds. The van der Waals surface area contributed by atoms with Gasteiger partial charge < -0.3 is 5.11 Å². The second-order valence-corrected chi connectivity index (χ2v) is 5.87. The Hall–Kier alpha value is -0.900. The number of hydrogen-bond acceptors (Lipinski definition) is 3. The van der Waals surface area contributed by atoms with Gasteiger partial charge in [-0.1, -0.05) is 33.1 Å². The van der Waals surface area contributed by atoms with Crippen LogP contribution in [0.3, 0.4) is 0 Å². The largest absolute Gasteiger partial charge is 0.392 e. The first-order chi connectivity index (χ1) is 9.24. The second kappa shape index (κ2) is 7.04. The third-order valence-electron chi connectivity index (χ3n) is 4.47. The Morgan fingerprint density at radius 1 is 1.42 bits per heavy atom. The Labute approximate surface area is 116 Å². The molecule has 0 bridgehead atoms. The molecule has 0 aromatic carbocycles. The molecule has 4 heteroatoms. The van der Waals surface area contributed by atoms with Crippen molar-refractivity contribution in [2.75, 3.05) is 0 Å². The van der Waals surface area contributed by atoms with Crippen molar-refractivity contribution in [2.24, 2.45) is 11.8 Å². The predicted molar refractivity (Wildman–Crippen MR) is 75.8 cm³/mol. The molecule has 0 saturated heterocycles. The third kappa shape index (κ3) is 3.78. The fourth-order valence-corrected chi connectivity index (χ4v) is 3.25. The highest BCUT2D eigenvalue weighted by Crippen LogP contribution is 2.33. The van der Waals surface area contributed by atoms with Gasteiger partial charge >= 0.3 is 0 Å². The molecule has 1 N–H and O–H groups in total. The Balaban J connectivity index is 1.92. The molecule has 4 nitrogen and oxygen atoms in total. The number of rotatable bonds is 6. The van der Waals surface area contributed by atoms with E-state index in [-0.39, 0.29) is 6.10 Å². The zero-order valence-corrected chi connectivity index (χ0v) is 12.3. The average Bonchev–Trinajstić information content (AvgIpc) is 2.86. The Bertz CT molecular complexity index is 377. The molecule has 1 saturated carbocycles. The summed E-state index contributed by atoms with van der Waals surface area (Å²) < 4.78 is 1.93. The van der Waals surface area contributed by atoms with Crippen LogP contribution in [0.1, 0.15) is 58.2 Å². The lowest BCUT2D eigenvalue weighted by Gasteiger charge is -2.31. The molecule has 3 atom stereocenters. The van der Waals surface area contributed by atoms with E-state index in [9.17, 15) is 5.11 Å². The topological polar surface area (TPSA) is 50.9 Å². The highest BCUT2D eigenvalue weighted by Gasteiger charge is 2.27. The van der Waals surface area contributed by atoms with Gasteiger partial charge in [0, 0.05) is 13.0 Å². The molecule has 0 radical (unpaired) electrons. The van der Waals surface area contributed by atoms with E-state index in [4.69, 9.17) is 0 Å². The van der Waals surface area contributed by atoms with Gasteiger partial charge in [-0.2, -0.15) is 5.10 Å². The second-order valence-electron chi connectivity index (χ2n) is 5.87. The summed E-state index contributed by atoms with van der Waals surface area (Å²) in [5, 5.41) is 14.7. The zero-order chi connectivity index (χ0) is 13.7. The quantitative estimate of drug-likeness (QED) is 0.860. The molecule has 0 spiro atoms. The van der Waals surface area contributed by atoms with Gasteiger partial charge in [-0.05, 0) is 31.1 Å². The Kier molecular flexibility index (Phi) is 5.37. The first-order valence-electron chi connectivity index (χ1n) is 7.79. The van der Waals surface area contributed by atoms with E-state index in [2.05, 4.69) is 23.9 Å². The van der Waals surface area contributed by atoms with Crippen LogP contribution in [0.15, 0.2) is 6.33 Å². The molecule has 3 unspecified atom stereocenters. The minimum absolute atomic E-state index is 0.255. The smallest absolute Gasteiger partial charge is 0.138 e. The number of aliphatic hydroxyl groups is 1. The van der Waals surface area contributed by atoms with Crippen molar-refractivity contribution in [2.45, 2.75) is 71.4 Å². The van der Waals surface area contributed by atoms with Crippen molar-refractivity contribution in [3.8, 4) is 0 Å². The van der Waals surface area contributed by atoms with Gasteiger partial charge in [-0.15, -0.1) is 0 Å². The Morgan fingerprint density at radius 3 is 3.00 bits per heavy atom. The van der Waals surface area contributed by atoms with Crippen LogP contribution in [0.4, 0.5) is 0 Å². The third-order valence-corrected chi connectivity index (χ3v) is 4.47. The summed E-state index contributed by atoms with van der Waals surface area (Å²) in [6.07, 6.45) is 9.25. The fraction of sp³-hybridized carbons (Fsp3) is 0.867. The molecule has 1 aromatic rings. The summed E-state index contributed by atoms with van der Waals surface area (Å²) >= 11 is 0. The molecule has 108 valence electrons. The molecule has 1 aliphatic rings. The van der Waals surface area contributed by atoms with Crippen LogP contribution < -0.4 is 0 Å². The van der Waals surface area contributed by atoms with E-state index in [1.807, 2.05) is 4.68 Å². The molecule has 19 heavy (non-hydrogen) atoms. The van der Waals surface area contributed by atoms with E-state index in [1.54, 1.807) is 6.33 Å². The molecule has 1 fully saturated rings. The van der Waals surface area contributed by atoms with E-state index < -0.39 is 0 Å². The summed E-state index contributed by atoms with van der Waals surface area (Å²) in [5.74, 6) is 2.19. The molecule has 0 aliphatic heterocycles. The van der Waals surface area contributed by atoms with E-state index in [0.717, 1.165) is 24.7 Å². The van der Waals surface area contributed by atoms with Gasteiger partial charge in [0.2, 0.25) is 0 Å². The molecule has 1 aliphatic carbocycles. The predicted octanol–water partition coefficient (Wildman–Crippen LogP) is 2.81. The first kappa shape index (κ1) is 14.5. The number of nitrogens with zero attached hydrogens (tertiary/aromatic N) is 3. The monoisotopic (exact) mass is 265 g/mol. The first-order valence-corrected chi connectivity index (χ1v) is 7.79. The van der Waals surface area contributed by atoms with Crippen LogP contribution in [-0.2, 0) is 13.0 Å². The van der Waals surface area contributed by atoms with Gasteiger partial charge in [0.15, 0.2) is 0 Å². The summed E-state index contributed by atoms with van der Waals surface area (Å²) in [7, 11) is 0. The van der Waals surface area contributed by atoms with Crippen LogP contribution in [0.5, 0.6) is 0 Å². The van der Waals surface area contributed by atoms with E-state index in [0.29, 0.717) is 12.3 Å². The molecular formula is C15H27N3O. The van der Waals surface area contributed by atoms with Crippen molar-refractivity contribution in [3.05, 3.63) is 12.2 Å². The van der Waals surface area contributed by atoms with Crippen LogP contribution >= 0.6 is 0 Å². The minimum atomic E-state index is -0.255. The number of aryl methyl sites for hydroxylation is 1. The van der Waals surface area contributed by atoms with E-state index in [1.165, 1.54) is 32.1 Å². The van der Waals surface area contributed by atoms with Gasteiger partial charge in [0.05, 0.1) is 6.10 Å². The lowest BCUT2D eigenvalue weighted by atomic mass is 9.77. The van der Waals surface area contributed by atoms with Gasteiger partial charge in [0.25, 0.3) is 0 Å². The van der Waals surface area contributed by atoms with Gasteiger partial charge in [0.1, 0.15) is 12.2 Å². The highest BCUT2D eigenvalue weighted by molar-refractivity contribution is 4.90. The zero-order valence-electron chi connectivity index (χ0n) is 12.3. The van der Waals surface area contributed by atoms with Crippen LogP contribution in [0.25, 0.3) is 0 Å². The van der Waals surface area contributed by atoms with Crippen molar-refractivity contribution >= 4 is 0 Å². The fourth-order valence-electron chi connectivity index (χ4n) is 3.25. The molecule has 2 rings (SSSR count). The van der Waals surface area contributed by atoms with Crippen molar-refractivity contribution < 1.29 is 5.11 Å². The summed E-state index contributed by atoms with van der Waals surface area (Å²) in [5.41, 5.74) is 0. The van der Waals surface area contributed by atoms with Crippen molar-refractivity contribution in [1.82, 2.24) is 14.8 Å². The summed E-state index contributed by atoms with van der Waals surface area (Å²) in [6, 6.07) is 0. The highest BCUT2D eigenvalue weighted by atomic mass is 16.3. The van der Waals surface area contributed by atoms with Crippen LogP contribution in [0.2, 0.25) is 0 Å². The molecular weight excluding hydrogens is 238 g/mol. The van der Waals surface area contributed by atoms with Crippen LogP contribution in [-0.4, -0.2) is 26.0 Å². The van der Waals surface area contributed by atoms with Crippen molar-refractivity contribution in [3.63, 3.8) is 0 Å². The van der Waals surface area contributed by atoms with Crippen LogP contribution in [0, 0.1) is 11.8 Å². The Morgan fingerprint density at radius 2 is 2.26 bits per heavy atom. The molecule has 1 heterocycles.